The highest BCUT2D eigenvalue weighted by Gasteiger charge is 2.24. The molecule has 0 fully saturated rings. The highest BCUT2D eigenvalue weighted by Crippen LogP contribution is 2.28. The summed E-state index contributed by atoms with van der Waals surface area (Å²) in [7, 11) is 3.09. The number of anilines is 2. The number of amides is 3. The Morgan fingerprint density at radius 1 is 1.00 bits per heavy atom. The quantitative estimate of drug-likeness (QED) is 0.381. The number of urea groups is 1. The molecule has 204 valence electrons. The normalized spacial score (nSPS) is 11.3. The molecule has 3 rings (SSSR count). The van der Waals surface area contributed by atoms with Crippen molar-refractivity contribution in [3.8, 4) is 17.2 Å². The molecule has 2 N–H and O–H groups in total. The fourth-order valence-electron chi connectivity index (χ4n) is 3.89. The molecule has 1 aromatic heterocycles. The minimum absolute atomic E-state index is 0.130. The Labute approximate surface area is 225 Å². The number of methoxy groups -OCH3 is 2. The zero-order valence-electron chi connectivity index (χ0n) is 23.6. The third-order valence-corrected chi connectivity index (χ3v) is 5.80. The van der Waals surface area contributed by atoms with Gasteiger partial charge in [-0.1, -0.05) is 46.8 Å². The van der Waals surface area contributed by atoms with E-state index in [4.69, 9.17) is 14.6 Å². The lowest BCUT2D eigenvalue weighted by molar-refractivity contribution is -0.116. The molecule has 0 aliphatic carbocycles. The zero-order valence-corrected chi connectivity index (χ0v) is 23.6. The van der Waals surface area contributed by atoms with E-state index in [9.17, 15) is 9.59 Å². The van der Waals surface area contributed by atoms with Crippen molar-refractivity contribution in [1.29, 1.82) is 0 Å². The second kappa shape index (κ2) is 12.0. The fourth-order valence-corrected chi connectivity index (χ4v) is 3.89. The lowest BCUT2D eigenvalue weighted by Crippen LogP contribution is -2.42. The van der Waals surface area contributed by atoms with E-state index < -0.39 is 6.03 Å². The number of nitrogens with one attached hydrogen (secondary N) is 2. The molecule has 0 aliphatic rings. The maximum Gasteiger partial charge on any atom is 0.322 e. The van der Waals surface area contributed by atoms with E-state index in [1.165, 1.54) is 4.90 Å². The Bertz CT molecular complexity index is 1250. The molecule has 0 saturated heterocycles. The molecule has 0 atom stereocenters. The first-order valence-corrected chi connectivity index (χ1v) is 12.7. The topological polar surface area (TPSA) is 97.7 Å². The molecular weight excluding hydrogens is 482 g/mol. The number of carbonyl (C=O) groups excluding carboxylic acids is 2. The Kier molecular flexibility index (Phi) is 9.04. The SMILES string of the molecule is COc1cc(NC(=O)N(CC(=O)Nc2cc(C(C)(C)C)nn2-c2cccc(C)c2)CC(C)C)cc(OC)c1. The minimum Gasteiger partial charge on any atom is -0.497 e. The molecule has 0 spiro atoms. The molecule has 0 unspecified atom stereocenters. The van der Waals surface area contributed by atoms with Gasteiger partial charge in [0.2, 0.25) is 5.91 Å². The molecule has 1 heterocycles. The summed E-state index contributed by atoms with van der Waals surface area (Å²) in [6, 6.07) is 14.5. The number of rotatable bonds is 9. The predicted molar refractivity (Wildman–Crippen MR) is 151 cm³/mol. The van der Waals surface area contributed by atoms with Crippen molar-refractivity contribution in [1.82, 2.24) is 14.7 Å². The van der Waals surface area contributed by atoms with Crippen LogP contribution in [-0.2, 0) is 10.2 Å². The minimum atomic E-state index is -0.397. The fraction of sp³-hybridized carbons (Fsp3) is 0.414. The number of ether oxygens (including phenoxy) is 2. The lowest BCUT2D eigenvalue weighted by Gasteiger charge is -2.24. The molecule has 38 heavy (non-hydrogen) atoms. The summed E-state index contributed by atoms with van der Waals surface area (Å²) in [6.07, 6.45) is 0. The van der Waals surface area contributed by atoms with Crippen LogP contribution in [0.15, 0.2) is 48.5 Å². The van der Waals surface area contributed by atoms with E-state index in [-0.39, 0.29) is 23.8 Å². The number of hydrogen-bond acceptors (Lipinski definition) is 5. The maximum absolute atomic E-state index is 13.3. The Balaban J connectivity index is 1.83. The average molecular weight is 522 g/mol. The lowest BCUT2D eigenvalue weighted by atomic mass is 9.92. The number of aryl methyl sites for hydroxylation is 1. The van der Waals surface area contributed by atoms with Crippen LogP contribution in [0.3, 0.4) is 0 Å². The molecule has 3 aromatic rings. The third kappa shape index (κ3) is 7.50. The van der Waals surface area contributed by atoms with Crippen LogP contribution >= 0.6 is 0 Å². The Morgan fingerprint density at radius 2 is 1.66 bits per heavy atom. The second-order valence-electron chi connectivity index (χ2n) is 10.8. The van der Waals surface area contributed by atoms with Crippen molar-refractivity contribution in [2.45, 2.75) is 47.0 Å². The summed E-state index contributed by atoms with van der Waals surface area (Å²) in [4.78, 5) is 28.0. The highest BCUT2D eigenvalue weighted by molar-refractivity contribution is 5.97. The van der Waals surface area contributed by atoms with Crippen LogP contribution in [0.4, 0.5) is 16.3 Å². The van der Waals surface area contributed by atoms with Crippen LogP contribution in [0.2, 0.25) is 0 Å². The summed E-state index contributed by atoms with van der Waals surface area (Å²) < 4.78 is 12.3. The van der Waals surface area contributed by atoms with Crippen LogP contribution in [0.5, 0.6) is 11.5 Å². The van der Waals surface area contributed by atoms with Gasteiger partial charge < -0.3 is 25.0 Å². The van der Waals surface area contributed by atoms with Crippen LogP contribution < -0.4 is 20.1 Å². The molecule has 0 saturated carbocycles. The van der Waals surface area contributed by atoms with Gasteiger partial charge in [0.1, 0.15) is 23.9 Å². The average Bonchev–Trinajstić information content (AvgIpc) is 3.27. The van der Waals surface area contributed by atoms with Crippen molar-refractivity contribution in [3.05, 3.63) is 59.8 Å². The molecule has 0 aliphatic heterocycles. The monoisotopic (exact) mass is 521 g/mol. The maximum atomic E-state index is 13.3. The molecule has 9 nitrogen and oxygen atoms in total. The van der Waals surface area contributed by atoms with Gasteiger partial charge in [-0.25, -0.2) is 9.48 Å². The summed E-state index contributed by atoms with van der Waals surface area (Å²) in [5, 5.41) is 10.6. The van der Waals surface area contributed by atoms with Gasteiger partial charge in [0.25, 0.3) is 0 Å². The van der Waals surface area contributed by atoms with Crippen molar-refractivity contribution in [2.24, 2.45) is 5.92 Å². The summed E-state index contributed by atoms with van der Waals surface area (Å²) >= 11 is 0. The first-order chi connectivity index (χ1) is 17.9. The van der Waals surface area contributed by atoms with Gasteiger partial charge in [-0.15, -0.1) is 0 Å². The van der Waals surface area contributed by atoms with E-state index >= 15 is 0 Å². The van der Waals surface area contributed by atoms with Crippen LogP contribution in [0.25, 0.3) is 5.69 Å². The Morgan fingerprint density at radius 3 is 2.21 bits per heavy atom. The van der Waals surface area contributed by atoms with Gasteiger partial charge in [0, 0.05) is 41.9 Å². The first kappa shape index (κ1) is 28.6. The Hall–Kier alpha value is -4.01. The van der Waals surface area contributed by atoms with Gasteiger partial charge in [-0.2, -0.15) is 5.10 Å². The van der Waals surface area contributed by atoms with Crippen molar-refractivity contribution in [2.75, 3.05) is 37.9 Å². The van der Waals surface area contributed by atoms with Crippen molar-refractivity contribution < 1.29 is 19.1 Å². The number of hydrogen-bond donors (Lipinski definition) is 2. The molecule has 0 radical (unpaired) electrons. The van der Waals surface area contributed by atoms with Crippen molar-refractivity contribution >= 4 is 23.4 Å². The summed E-state index contributed by atoms with van der Waals surface area (Å²) in [5.74, 6) is 1.48. The van der Waals surface area contributed by atoms with E-state index in [2.05, 4.69) is 31.4 Å². The van der Waals surface area contributed by atoms with Gasteiger partial charge in [0.15, 0.2) is 0 Å². The summed E-state index contributed by atoms with van der Waals surface area (Å²) in [6.45, 7) is 12.5. The van der Waals surface area contributed by atoms with Crippen LogP contribution in [0, 0.1) is 12.8 Å². The van der Waals surface area contributed by atoms with Crippen molar-refractivity contribution in [3.63, 3.8) is 0 Å². The van der Waals surface area contributed by atoms with E-state index in [1.807, 2.05) is 51.1 Å². The van der Waals surface area contributed by atoms with E-state index in [0.717, 1.165) is 16.9 Å². The molecule has 2 aromatic carbocycles. The molecule has 9 heteroatoms. The predicted octanol–water partition coefficient (Wildman–Crippen LogP) is 5.62. The molecule has 0 bridgehead atoms. The van der Waals surface area contributed by atoms with Gasteiger partial charge in [0.05, 0.1) is 25.6 Å². The zero-order chi connectivity index (χ0) is 28.0. The number of benzene rings is 2. The number of nitrogens with zero attached hydrogens (tertiary/aromatic N) is 3. The van der Waals surface area contributed by atoms with Gasteiger partial charge >= 0.3 is 6.03 Å². The van der Waals surface area contributed by atoms with Crippen LogP contribution in [-0.4, -0.2) is 53.9 Å². The highest BCUT2D eigenvalue weighted by atomic mass is 16.5. The third-order valence-electron chi connectivity index (χ3n) is 5.80. The molecular formula is C29H39N5O4. The summed E-state index contributed by atoms with van der Waals surface area (Å²) in [5.41, 5.74) is 3.07. The van der Waals surface area contributed by atoms with Crippen LogP contribution in [0.1, 0.15) is 45.9 Å². The van der Waals surface area contributed by atoms with Gasteiger partial charge in [-0.3, -0.25) is 4.79 Å². The largest absolute Gasteiger partial charge is 0.497 e. The van der Waals surface area contributed by atoms with E-state index in [0.29, 0.717) is 29.5 Å². The number of aromatic nitrogens is 2. The first-order valence-electron chi connectivity index (χ1n) is 12.7. The van der Waals surface area contributed by atoms with Gasteiger partial charge in [-0.05, 0) is 30.5 Å². The molecule has 3 amide bonds. The number of carbonyl (C=O) groups is 2. The smallest absolute Gasteiger partial charge is 0.322 e. The second-order valence-corrected chi connectivity index (χ2v) is 10.8. The van der Waals surface area contributed by atoms with E-state index in [1.54, 1.807) is 37.1 Å². The standard InChI is InChI=1S/C29H39N5O4/c1-19(2)17-33(28(36)30-21-13-23(37-7)15-24(14-21)38-8)18-27(35)31-26-16-25(29(4,5)6)32-34(26)22-11-9-10-20(3)12-22/h9-16,19H,17-18H2,1-8H3,(H,30,36)(H,31,35).